The Hall–Kier alpha value is -1.67. The van der Waals surface area contributed by atoms with Crippen LogP contribution in [0.4, 0.5) is 0 Å². The summed E-state index contributed by atoms with van der Waals surface area (Å²) in [6, 6.07) is 0. The summed E-state index contributed by atoms with van der Waals surface area (Å²) in [7, 11) is -4.69. The van der Waals surface area contributed by atoms with Crippen molar-refractivity contribution in [3.8, 4) is 0 Å². The predicted octanol–water partition coefficient (Wildman–Crippen LogP) is 6.85. The van der Waals surface area contributed by atoms with Crippen LogP contribution >= 0.6 is 7.82 Å². The molecule has 0 aliphatic heterocycles. The van der Waals surface area contributed by atoms with Gasteiger partial charge in [0, 0.05) is 18.8 Å². The Balaban J connectivity index is 2.55. The van der Waals surface area contributed by atoms with Gasteiger partial charge in [0.1, 0.15) is 12.7 Å². The van der Waals surface area contributed by atoms with Crippen molar-refractivity contribution in [1.29, 1.82) is 0 Å². The van der Waals surface area contributed by atoms with Crippen LogP contribution in [-0.2, 0) is 32.7 Å². The Labute approximate surface area is 330 Å². The average molecular weight is 807 g/mol. The van der Waals surface area contributed by atoms with E-state index in [0.717, 1.165) is 44.4 Å². The number of aliphatic hydroxyl groups excluding tert-OH is 5. The summed E-state index contributed by atoms with van der Waals surface area (Å²) in [5.74, 6) is -1.05. The molecule has 1 aliphatic rings. The maximum absolute atomic E-state index is 12.6. The van der Waals surface area contributed by atoms with Crippen LogP contribution in [-0.4, -0.2) is 99.3 Å². The summed E-state index contributed by atoms with van der Waals surface area (Å²) in [4.78, 5) is 35.2. The van der Waals surface area contributed by atoms with Gasteiger partial charge in [-0.2, -0.15) is 0 Å². The molecule has 0 heterocycles. The number of aliphatic hydroxyl groups is 5. The topological polar surface area (TPSA) is 210 Å². The summed E-state index contributed by atoms with van der Waals surface area (Å²) < 4.78 is 32.6. The third kappa shape index (κ3) is 26.1. The molecule has 0 radical (unpaired) electrons. The minimum Gasteiger partial charge on any atom is -0.461 e. The fourth-order valence-corrected chi connectivity index (χ4v) is 7.32. The van der Waals surface area contributed by atoms with Crippen molar-refractivity contribution in [3.63, 3.8) is 0 Å². The Morgan fingerprint density at radius 3 is 2.05 bits per heavy atom. The highest BCUT2D eigenvalue weighted by atomic mass is 31.2. The maximum atomic E-state index is 12.6. The fraction of sp³-hybridized carbons (Fsp3) is 0.854. The zero-order valence-corrected chi connectivity index (χ0v) is 34.8. The molecule has 1 aliphatic carbocycles. The van der Waals surface area contributed by atoms with Crippen LogP contribution < -0.4 is 0 Å². The third-order valence-corrected chi connectivity index (χ3v) is 11.2. The molecule has 6 N–H and O–H groups in total. The van der Waals surface area contributed by atoms with E-state index in [0.29, 0.717) is 19.3 Å². The normalized spacial score (nSPS) is 22.1. The number of hydrogen-bond acceptors (Lipinski definition) is 12. The van der Waals surface area contributed by atoms with Crippen LogP contribution in [0.1, 0.15) is 149 Å². The SMILES string of the molecule is CCCCC[C@@H](O)/C=C/[C@@H]1[C@H](C/C=C\CC(=O)OC[C@H](COP(=O)(O)OC[C@@H](O)CO)OC(=O)CCCCCCCCCCCCC(C)CC)[C@@H](O)C[C@H]1O. The summed E-state index contributed by atoms with van der Waals surface area (Å²) in [6.07, 6.45) is 19.9. The van der Waals surface area contributed by atoms with E-state index in [1.54, 1.807) is 24.3 Å². The number of phosphoric acid groups is 1. The van der Waals surface area contributed by atoms with Crippen LogP contribution in [0.15, 0.2) is 24.3 Å². The summed E-state index contributed by atoms with van der Waals surface area (Å²) in [5, 5.41) is 49.6. The minimum absolute atomic E-state index is 0.120. The van der Waals surface area contributed by atoms with E-state index < -0.39 is 76.7 Å². The van der Waals surface area contributed by atoms with E-state index in [2.05, 4.69) is 25.3 Å². The molecule has 1 saturated carbocycles. The minimum atomic E-state index is -4.69. The number of carbonyl (C=O) groups excluding carboxylic acids is 2. The molecule has 0 bridgehead atoms. The van der Waals surface area contributed by atoms with Gasteiger partial charge in [0.15, 0.2) is 6.10 Å². The van der Waals surface area contributed by atoms with E-state index in [9.17, 15) is 39.5 Å². The van der Waals surface area contributed by atoms with Gasteiger partial charge in [-0.05, 0) is 31.1 Å². The van der Waals surface area contributed by atoms with Gasteiger partial charge in [-0.3, -0.25) is 18.6 Å². The summed E-state index contributed by atoms with van der Waals surface area (Å²) in [6.45, 7) is 4.22. The number of phosphoric ester groups is 1. The van der Waals surface area contributed by atoms with E-state index in [4.69, 9.17) is 19.1 Å². The first-order valence-corrected chi connectivity index (χ1v) is 22.4. The quantitative estimate of drug-likeness (QED) is 0.0170. The highest BCUT2D eigenvalue weighted by Crippen LogP contribution is 2.43. The summed E-state index contributed by atoms with van der Waals surface area (Å²) in [5.41, 5.74) is 0. The van der Waals surface area contributed by atoms with Crippen LogP contribution in [0.2, 0.25) is 0 Å². The van der Waals surface area contributed by atoms with Gasteiger partial charge < -0.3 is 39.9 Å². The Bertz CT molecular complexity index is 1100. The Morgan fingerprint density at radius 2 is 1.42 bits per heavy atom. The van der Waals surface area contributed by atoms with Crippen molar-refractivity contribution in [1.82, 2.24) is 0 Å². The van der Waals surface area contributed by atoms with Gasteiger partial charge in [-0.15, -0.1) is 0 Å². The second-order valence-electron chi connectivity index (χ2n) is 15.2. The fourth-order valence-electron chi connectivity index (χ4n) is 6.53. The first kappa shape index (κ1) is 51.3. The summed E-state index contributed by atoms with van der Waals surface area (Å²) >= 11 is 0. The van der Waals surface area contributed by atoms with Crippen molar-refractivity contribution in [2.45, 2.75) is 180 Å². The van der Waals surface area contributed by atoms with Crippen molar-refractivity contribution < 1.29 is 63.1 Å². The lowest BCUT2D eigenvalue weighted by molar-refractivity contribution is -0.160. The molecule has 0 aromatic carbocycles. The Kier molecular flexibility index (Phi) is 29.3. The highest BCUT2D eigenvalue weighted by molar-refractivity contribution is 7.47. The predicted molar refractivity (Wildman–Crippen MR) is 212 cm³/mol. The zero-order chi connectivity index (χ0) is 40.9. The third-order valence-electron chi connectivity index (χ3n) is 10.3. The number of carbonyl (C=O) groups is 2. The smallest absolute Gasteiger partial charge is 0.461 e. The molecule has 0 spiro atoms. The molecule has 13 nitrogen and oxygen atoms in total. The molecule has 2 unspecified atom stereocenters. The molecule has 1 rings (SSSR count). The number of ether oxygens (including phenoxy) is 2. The van der Waals surface area contributed by atoms with Gasteiger partial charge in [-0.1, -0.05) is 135 Å². The van der Waals surface area contributed by atoms with E-state index in [1.807, 2.05) is 0 Å². The number of hydrogen-bond donors (Lipinski definition) is 6. The highest BCUT2D eigenvalue weighted by Gasteiger charge is 2.39. The number of allylic oxidation sites excluding steroid dienone is 1. The second-order valence-corrected chi connectivity index (χ2v) is 16.7. The van der Waals surface area contributed by atoms with Gasteiger partial charge in [-0.25, -0.2) is 4.57 Å². The van der Waals surface area contributed by atoms with Gasteiger partial charge in [0.05, 0.1) is 44.6 Å². The molecule has 9 atom stereocenters. The molecule has 0 saturated heterocycles. The zero-order valence-electron chi connectivity index (χ0n) is 33.9. The molecule has 0 aromatic heterocycles. The van der Waals surface area contributed by atoms with Crippen LogP contribution in [0.3, 0.4) is 0 Å². The largest absolute Gasteiger partial charge is 0.472 e. The molecule has 0 amide bonds. The lowest BCUT2D eigenvalue weighted by Crippen LogP contribution is -2.29. The van der Waals surface area contributed by atoms with Gasteiger partial charge >= 0.3 is 19.8 Å². The molecular weight excluding hydrogens is 731 g/mol. The van der Waals surface area contributed by atoms with Crippen LogP contribution in [0.5, 0.6) is 0 Å². The number of rotatable bonds is 34. The van der Waals surface area contributed by atoms with Crippen molar-refractivity contribution in [3.05, 3.63) is 24.3 Å². The molecular formula is C41H75O13P. The first-order valence-electron chi connectivity index (χ1n) is 20.9. The molecule has 322 valence electrons. The van der Waals surface area contributed by atoms with Crippen molar-refractivity contribution in [2.24, 2.45) is 17.8 Å². The standard InChI is InChI=1S/C41H75O13P/c1-4-6-15-21-33(43)25-26-37-36(38(45)27-39(37)46)22-18-19-23-40(47)51-30-35(31-53-55(49,50)52-29-34(44)28-42)54-41(48)24-17-14-12-10-8-7-9-11-13-16-20-32(3)5-2/h18-19,25-26,32-39,42-46H,4-17,20-24,27-31H2,1-3H3,(H,49,50)/b19-18-,26-25+/t32?,33-,34+,35-,36+,37-,38+,39-/m1/s1. The first-order chi connectivity index (χ1) is 26.3. The molecule has 14 heteroatoms. The molecule has 1 fully saturated rings. The lowest BCUT2D eigenvalue weighted by atomic mass is 9.89. The lowest BCUT2D eigenvalue weighted by Gasteiger charge is -2.20. The van der Waals surface area contributed by atoms with Gasteiger partial charge in [0.25, 0.3) is 0 Å². The number of unbranched alkanes of at least 4 members (excludes halogenated alkanes) is 11. The average Bonchev–Trinajstić information content (AvgIpc) is 3.43. The van der Waals surface area contributed by atoms with E-state index in [-0.39, 0.29) is 31.1 Å². The monoisotopic (exact) mass is 806 g/mol. The van der Waals surface area contributed by atoms with E-state index in [1.165, 1.54) is 51.4 Å². The van der Waals surface area contributed by atoms with Gasteiger partial charge in [0.2, 0.25) is 0 Å². The van der Waals surface area contributed by atoms with Crippen molar-refractivity contribution in [2.75, 3.05) is 26.4 Å². The van der Waals surface area contributed by atoms with E-state index >= 15 is 0 Å². The number of esters is 2. The maximum Gasteiger partial charge on any atom is 0.472 e. The molecule has 55 heavy (non-hydrogen) atoms. The molecule has 0 aromatic rings. The Morgan fingerprint density at radius 1 is 0.800 bits per heavy atom. The second kappa shape index (κ2) is 31.3. The van der Waals surface area contributed by atoms with Crippen LogP contribution in [0.25, 0.3) is 0 Å². The van der Waals surface area contributed by atoms with Crippen LogP contribution in [0, 0.1) is 17.8 Å². The van der Waals surface area contributed by atoms with Crippen molar-refractivity contribution >= 4 is 19.8 Å².